The first-order chi connectivity index (χ1) is 9.95. The van der Waals surface area contributed by atoms with Crippen molar-refractivity contribution in [2.75, 3.05) is 0 Å². The Morgan fingerprint density at radius 3 is 2.57 bits per heavy atom. The van der Waals surface area contributed by atoms with Gasteiger partial charge in [0.25, 0.3) is 0 Å². The Hall–Kier alpha value is -1.000. The molecule has 112 valence electrons. The molecule has 3 nitrogen and oxygen atoms in total. The van der Waals surface area contributed by atoms with Crippen molar-refractivity contribution >= 4 is 34.8 Å². The van der Waals surface area contributed by atoms with E-state index in [-0.39, 0.29) is 0 Å². The van der Waals surface area contributed by atoms with Crippen LogP contribution in [0.5, 0.6) is 11.6 Å². The summed E-state index contributed by atoms with van der Waals surface area (Å²) in [7, 11) is 0. The number of rotatable bonds is 5. The molecule has 1 N–H and O–H groups in total. The van der Waals surface area contributed by atoms with E-state index in [1.54, 1.807) is 24.4 Å². The van der Waals surface area contributed by atoms with Gasteiger partial charge in [-0.25, -0.2) is 4.98 Å². The average Bonchev–Trinajstić information content (AvgIpc) is 2.43. The molecule has 0 bridgehead atoms. The van der Waals surface area contributed by atoms with Gasteiger partial charge in [0.15, 0.2) is 0 Å². The Bertz CT molecular complexity index is 632. The van der Waals surface area contributed by atoms with Crippen molar-refractivity contribution in [1.82, 2.24) is 10.3 Å². The van der Waals surface area contributed by atoms with Gasteiger partial charge in [0.1, 0.15) is 10.8 Å². The maximum absolute atomic E-state index is 6.20. The van der Waals surface area contributed by atoms with E-state index in [9.17, 15) is 0 Å². The SMILES string of the molecule is CC(C)NCc1cnc(Oc2cc(Cl)ccc2Cl)c(Cl)c1. The van der Waals surface area contributed by atoms with Crippen LogP contribution >= 0.6 is 34.8 Å². The minimum atomic E-state index is 0.300. The van der Waals surface area contributed by atoms with Crippen LogP contribution < -0.4 is 10.1 Å². The predicted octanol–water partition coefficient (Wildman–Crippen LogP) is 5.33. The fourth-order valence-corrected chi connectivity index (χ4v) is 2.16. The second-order valence-electron chi connectivity index (χ2n) is 4.84. The van der Waals surface area contributed by atoms with Gasteiger partial charge in [-0.15, -0.1) is 0 Å². The van der Waals surface area contributed by atoms with E-state index in [2.05, 4.69) is 24.1 Å². The van der Waals surface area contributed by atoms with Gasteiger partial charge in [-0.2, -0.15) is 0 Å². The standard InChI is InChI=1S/C15H15Cl3N2O/c1-9(2)19-7-10-5-13(18)15(20-8-10)21-14-6-11(16)3-4-12(14)17/h3-6,8-9,19H,7H2,1-2H3. The molecule has 0 spiro atoms. The van der Waals surface area contributed by atoms with E-state index in [0.717, 1.165) is 5.56 Å². The Kier molecular flexibility index (Phi) is 5.71. The number of pyridine rings is 1. The lowest BCUT2D eigenvalue weighted by atomic mass is 10.2. The molecule has 1 heterocycles. The van der Waals surface area contributed by atoms with Gasteiger partial charge >= 0.3 is 0 Å². The quantitative estimate of drug-likeness (QED) is 0.795. The highest BCUT2D eigenvalue weighted by Crippen LogP contribution is 2.34. The average molecular weight is 346 g/mol. The number of ether oxygens (including phenoxy) is 1. The topological polar surface area (TPSA) is 34.2 Å². The summed E-state index contributed by atoms with van der Waals surface area (Å²) in [6, 6.07) is 7.18. The maximum Gasteiger partial charge on any atom is 0.238 e. The molecule has 0 atom stereocenters. The van der Waals surface area contributed by atoms with Crippen LogP contribution in [0.1, 0.15) is 19.4 Å². The molecule has 2 rings (SSSR count). The van der Waals surface area contributed by atoms with Crippen molar-refractivity contribution in [2.24, 2.45) is 0 Å². The molecule has 0 unspecified atom stereocenters. The molecule has 0 aliphatic carbocycles. The summed E-state index contributed by atoms with van der Waals surface area (Å²) < 4.78 is 5.62. The lowest BCUT2D eigenvalue weighted by molar-refractivity contribution is 0.462. The molecular weight excluding hydrogens is 331 g/mol. The van der Waals surface area contributed by atoms with Crippen molar-refractivity contribution in [3.63, 3.8) is 0 Å². The normalized spacial score (nSPS) is 11.0. The third-order valence-electron chi connectivity index (χ3n) is 2.68. The van der Waals surface area contributed by atoms with Crippen molar-refractivity contribution in [3.8, 4) is 11.6 Å². The van der Waals surface area contributed by atoms with Crippen LogP contribution in [0.3, 0.4) is 0 Å². The Morgan fingerprint density at radius 1 is 1.14 bits per heavy atom. The molecule has 6 heteroatoms. The van der Waals surface area contributed by atoms with Gasteiger partial charge in [0.2, 0.25) is 5.88 Å². The van der Waals surface area contributed by atoms with Gasteiger partial charge in [0.05, 0.1) is 5.02 Å². The minimum absolute atomic E-state index is 0.300. The number of hydrogen-bond acceptors (Lipinski definition) is 3. The predicted molar refractivity (Wildman–Crippen MR) is 87.8 cm³/mol. The molecule has 21 heavy (non-hydrogen) atoms. The van der Waals surface area contributed by atoms with Crippen LogP contribution in [0.25, 0.3) is 0 Å². The molecule has 0 aliphatic heterocycles. The molecule has 0 saturated heterocycles. The van der Waals surface area contributed by atoms with Crippen molar-refractivity contribution in [2.45, 2.75) is 26.4 Å². The molecule has 0 amide bonds. The van der Waals surface area contributed by atoms with Crippen LogP contribution in [0.4, 0.5) is 0 Å². The largest absolute Gasteiger partial charge is 0.436 e. The summed E-state index contributed by atoms with van der Waals surface area (Å²) in [5.74, 6) is 0.723. The first-order valence-corrected chi connectivity index (χ1v) is 7.60. The first kappa shape index (κ1) is 16.4. The van der Waals surface area contributed by atoms with Crippen LogP contribution in [-0.2, 0) is 6.54 Å². The van der Waals surface area contributed by atoms with E-state index >= 15 is 0 Å². The highest BCUT2D eigenvalue weighted by atomic mass is 35.5. The first-order valence-electron chi connectivity index (χ1n) is 6.46. The molecule has 2 aromatic rings. The highest BCUT2D eigenvalue weighted by Gasteiger charge is 2.10. The lowest BCUT2D eigenvalue weighted by Crippen LogP contribution is -2.21. The summed E-state index contributed by atoms with van der Waals surface area (Å²) >= 11 is 18.2. The number of nitrogens with one attached hydrogen (secondary N) is 1. The molecule has 1 aromatic carbocycles. The third-order valence-corrected chi connectivity index (χ3v) is 3.50. The number of nitrogens with zero attached hydrogens (tertiary/aromatic N) is 1. The number of halogens is 3. The molecule has 1 aromatic heterocycles. The third kappa shape index (κ3) is 4.75. The monoisotopic (exact) mass is 344 g/mol. The summed E-state index contributed by atoms with van der Waals surface area (Å²) in [4.78, 5) is 4.23. The summed E-state index contributed by atoms with van der Waals surface area (Å²) in [5.41, 5.74) is 0.984. The lowest BCUT2D eigenvalue weighted by Gasteiger charge is -2.11. The minimum Gasteiger partial charge on any atom is -0.436 e. The summed E-state index contributed by atoms with van der Waals surface area (Å²) in [5, 5.41) is 4.70. The van der Waals surface area contributed by atoms with E-state index in [1.165, 1.54) is 0 Å². The van der Waals surface area contributed by atoms with Gasteiger partial charge < -0.3 is 10.1 Å². The summed E-state index contributed by atoms with van der Waals surface area (Å²) in [6.45, 7) is 4.85. The van der Waals surface area contributed by atoms with Crippen molar-refractivity contribution < 1.29 is 4.74 Å². The number of aromatic nitrogens is 1. The zero-order chi connectivity index (χ0) is 15.4. The van der Waals surface area contributed by atoms with Crippen LogP contribution in [0, 0.1) is 0 Å². The van der Waals surface area contributed by atoms with E-state index in [1.807, 2.05) is 6.07 Å². The molecule has 0 radical (unpaired) electrons. The fraction of sp³-hybridized carbons (Fsp3) is 0.267. The van der Waals surface area contributed by atoms with E-state index < -0.39 is 0 Å². The zero-order valence-electron chi connectivity index (χ0n) is 11.7. The fourth-order valence-electron chi connectivity index (χ4n) is 1.62. The molecule has 0 aliphatic rings. The highest BCUT2D eigenvalue weighted by molar-refractivity contribution is 6.34. The van der Waals surface area contributed by atoms with Crippen LogP contribution in [0.2, 0.25) is 15.1 Å². The number of hydrogen-bond donors (Lipinski definition) is 1. The molecule has 0 saturated carbocycles. The van der Waals surface area contributed by atoms with Crippen LogP contribution in [0.15, 0.2) is 30.5 Å². The Balaban J connectivity index is 2.15. The zero-order valence-corrected chi connectivity index (χ0v) is 13.9. The van der Waals surface area contributed by atoms with Crippen molar-refractivity contribution in [3.05, 3.63) is 51.1 Å². The Morgan fingerprint density at radius 2 is 1.90 bits per heavy atom. The molecular formula is C15H15Cl3N2O. The number of benzene rings is 1. The summed E-state index contributed by atoms with van der Waals surface area (Å²) in [6.07, 6.45) is 1.72. The van der Waals surface area contributed by atoms with Crippen molar-refractivity contribution in [1.29, 1.82) is 0 Å². The Labute approximate surface area is 139 Å². The van der Waals surface area contributed by atoms with Gasteiger partial charge in [-0.3, -0.25) is 0 Å². The van der Waals surface area contributed by atoms with Crippen LogP contribution in [-0.4, -0.2) is 11.0 Å². The van der Waals surface area contributed by atoms with E-state index in [0.29, 0.717) is 39.3 Å². The van der Waals surface area contributed by atoms with Gasteiger partial charge in [0, 0.05) is 29.9 Å². The molecule has 0 fully saturated rings. The van der Waals surface area contributed by atoms with Gasteiger partial charge in [-0.05, 0) is 23.8 Å². The van der Waals surface area contributed by atoms with Gasteiger partial charge in [-0.1, -0.05) is 48.7 Å². The second-order valence-corrected chi connectivity index (χ2v) is 6.09. The second kappa shape index (κ2) is 7.32. The smallest absolute Gasteiger partial charge is 0.238 e. The van der Waals surface area contributed by atoms with E-state index in [4.69, 9.17) is 39.5 Å². The maximum atomic E-state index is 6.20.